The molecule has 0 unspecified atom stereocenters. The number of anilines is 1. The Labute approximate surface area is 108 Å². The maximum absolute atomic E-state index is 7.57. The molecule has 0 atom stereocenters. The van der Waals surface area contributed by atoms with E-state index >= 15 is 0 Å². The summed E-state index contributed by atoms with van der Waals surface area (Å²) in [6, 6.07) is 5.50. The van der Waals surface area contributed by atoms with Crippen LogP contribution < -0.4 is 10.6 Å². The lowest BCUT2D eigenvalue weighted by Crippen LogP contribution is -2.23. The summed E-state index contributed by atoms with van der Waals surface area (Å²) in [5, 5.41) is 8.18. The second-order valence-electron chi connectivity index (χ2n) is 4.20. The number of nitrogens with two attached hydrogens (primary N) is 1. The number of hydrogen-bond acceptors (Lipinski definition) is 2. The van der Waals surface area contributed by atoms with E-state index in [-0.39, 0.29) is 5.84 Å². The normalized spacial score (nSPS) is 10.3. The van der Waals surface area contributed by atoms with Gasteiger partial charge in [-0.1, -0.05) is 31.4 Å². The number of rotatable bonds is 6. The lowest BCUT2D eigenvalue weighted by Gasteiger charge is -2.22. The fraction of sp³-hybridized carbons (Fsp3) is 0.462. The molecule has 0 amide bonds. The van der Waals surface area contributed by atoms with E-state index in [0.717, 1.165) is 18.7 Å². The zero-order valence-electron chi connectivity index (χ0n) is 10.5. The van der Waals surface area contributed by atoms with Crippen molar-refractivity contribution in [3.8, 4) is 0 Å². The van der Waals surface area contributed by atoms with Crippen LogP contribution in [0.2, 0.25) is 5.02 Å². The molecule has 0 saturated carbocycles. The molecule has 3 N–H and O–H groups in total. The highest BCUT2D eigenvalue weighted by Gasteiger charge is 2.10. The van der Waals surface area contributed by atoms with E-state index in [2.05, 4.69) is 11.8 Å². The van der Waals surface area contributed by atoms with Crippen LogP contribution in [0.1, 0.15) is 31.7 Å². The Balaban J connectivity index is 2.84. The third-order valence-electron chi connectivity index (χ3n) is 2.76. The van der Waals surface area contributed by atoms with Gasteiger partial charge in [-0.2, -0.15) is 0 Å². The minimum atomic E-state index is 0.0600. The SMILES string of the molecule is CCCCCN(C)c1ccc(Cl)cc1C(=N)N. The second-order valence-corrected chi connectivity index (χ2v) is 4.64. The Morgan fingerprint density at radius 2 is 2.12 bits per heavy atom. The van der Waals surface area contributed by atoms with E-state index in [1.165, 1.54) is 12.8 Å². The van der Waals surface area contributed by atoms with Gasteiger partial charge in [0.2, 0.25) is 0 Å². The maximum Gasteiger partial charge on any atom is 0.124 e. The summed E-state index contributed by atoms with van der Waals surface area (Å²) >= 11 is 5.92. The molecule has 0 bridgehead atoms. The van der Waals surface area contributed by atoms with Gasteiger partial charge in [0.25, 0.3) is 0 Å². The molecule has 4 heteroatoms. The van der Waals surface area contributed by atoms with Crippen molar-refractivity contribution in [3.63, 3.8) is 0 Å². The standard InChI is InChI=1S/C13H20ClN3/c1-3-4-5-8-17(2)12-7-6-10(14)9-11(12)13(15)16/h6-7,9H,3-5,8H2,1-2H3,(H3,15,16). The van der Waals surface area contributed by atoms with E-state index in [1.807, 2.05) is 19.2 Å². The molecule has 0 aliphatic heterocycles. The summed E-state index contributed by atoms with van der Waals surface area (Å²) in [6.45, 7) is 3.15. The largest absolute Gasteiger partial charge is 0.384 e. The van der Waals surface area contributed by atoms with Gasteiger partial charge in [0.1, 0.15) is 5.84 Å². The topological polar surface area (TPSA) is 53.1 Å². The molecule has 0 spiro atoms. The van der Waals surface area contributed by atoms with Crippen molar-refractivity contribution in [2.75, 3.05) is 18.5 Å². The van der Waals surface area contributed by atoms with Crippen LogP contribution in [0.5, 0.6) is 0 Å². The Kier molecular flexibility index (Phi) is 5.29. The highest BCUT2D eigenvalue weighted by atomic mass is 35.5. The second kappa shape index (κ2) is 6.50. The summed E-state index contributed by atoms with van der Waals surface area (Å²) in [5.41, 5.74) is 7.25. The number of unbranched alkanes of at least 4 members (excludes halogenated alkanes) is 2. The van der Waals surface area contributed by atoms with Crippen LogP contribution in [0.4, 0.5) is 5.69 Å². The van der Waals surface area contributed by atoms with E-state index in [4.69, 9.17) is 22.7 Å². The first-order valence-corrected chi connectivity index (χ1v) is 6.29. The van der Waals surface area contributed by atoms with Gasteiger partial charge in [0.05, 0.1) is 0 Å². The van der Waals surface area contributed by atoms with Crippen LogP contribution in [-0.2, 0) is 0 Å². The molecule has 0 aromatic heterocycles. The average Bonchev–Trinajstić information content (AvgIpc) is 2.29. The molecule has 0 aliphatic carbocycles. The van der Waals surface area contributed by atoms with Crippen molar-refractivity contribution >= 4 is 23.1 Å². The predicted molar refractivity (Wildman–Crippen MR) is 75.3 cm³/mol. The zero-order valence-corrected chi connectivity index (χ0v) is 11.2. The van der Waals surface area contributed by atoms with Crippen LogP contribution in [0.3, 0.4) is 0 Å². The van der Waals surface area contributed by atoms with Crippen LogP contribution in [0, 0.1) is 5.41 Å². The van der Waals surface area contributed by atoms with E-state index in [9.17, 15) is 0 Å². The highest BCUT2D eigenvalue weighted by Crippen LogP contribution is 2.23. The number of halogens is 1. The summed E-state index contributed by atoms with van der Waals surface area (Å²) in [4.78, 5) is 2.13. The van der Waals surface area contributed by atoms with Crippen molar-refractivity contribution in [1.29, 1.82) is 5.41 Å². The lowest BCUT2D eigenvalue weighted by atomic mass is 10.1. The molecule has 0 radical (unpaired) electrons. The molecule has 1 aromatic rings. The molecule has 3 nitrogen and oxygen atoms in total. The number of nitrogens with one attached hydrogen (secondary N) is 1. The maximum atomic E-state index is 7.57. The zero-order chi connectivity index (χ0) is 12.8. The van der Waals surface area contributed by atoms with Gasteiger partial charge in [0.15, 0.2) is 0 Å². The van der Waals surface area contributed by atoms with Crippen molar-refractivity contribution in [3.05, 3.63) is 28.8 Å². The Morgan fingerprint density at radius 3 is 2.71 bits per heavy atom. The predicted octanol–water partition coefficient (Wildman–Crippen LogP) is 3.25. The van der Waals surface area contributed by atoms with Gasteiger partial charge >= 0.3 is 0 Å². The van der Waals surface area contributed by atoms with Gasteiger partial charge in [-0.15, -0.1) is 0 Å². The van der Waals surface area contributed by atoms with Crippen LogP contribution in [0.25, 0.3) is 0 Å². The first-order valence-electron chi connectivity index (χ1n) is 5.91. The highest BCUT2D eigenvalue weighted by molar-refractivity contribution is 6.31. The molecule has 17 heavy (non-hydrogen) atoms. The van der Waals surface area contributed by atoms with Gasteiger partial charge in [-0.25, -0.2) is 0 Å². The first-order chi connectivity index (χ1) is 8.06. The minimum absolute atomic E-state index is 0.0600. The van der Waals surface area contributed by atoms with Crippen molar-refractivity contribution in [2.45, 2.75) is 26.2 Å². The molecule has 1 aromatic carbocycles. The quantitative estimate of drug-likeness (QED) is 0.465. The minimum Gasteiger partial charge on any atom is -0.384 e. The smallest absolute Gasteiger partial charge is 0.124 e. The van der Waals surface area contributed by atoms with E-state index in [0.29, 0.717) is 10.6 Å². The molecule has 0 heterocycles. The number of nitrogen functional groups attached to an aromatic ring is 1. The third kappa shape index (κ3) is 3.93. The Bertz CT molecular complexity index is 390. The lowest BCUT2D eigenvalue weighted by molar-refractivity contribution is 0.705. The summed E-state index contributed by atoms with van der Waals surface area (Å²) < 4.78 is 0. The van der Waals surface area contributed by atoms with Gasteiger partial charge in [0, 0.05) is 29.9 Å². The summed E-state index contributed by atoms with van der Waals surface area (Å²) in [7, 11) is 2.02. The molecule has 1 rings (SSSR count). The number of nitrogens with zero attached hydrogens (tertiary/aromatic N) is 1. The molecule has 0 saturated heterocycles. The number of amidine groups is 1. The number of benzene rings is 1. The van der Waals surface area contributed by atoms with Crippen LogP contribution in [0.15, 0.2) is 18.2 Å². The number of hydrogen-bond donors (Lipinski definition) is 2. The van der Waals surface area contributed by atoms with E-state index in [1.54, 1.807) is 6.07 Å². The summed E-state index contributed by atoms with van der Waals surface area (Å²) in [5.74, 6) is 0.0600. The Morgan fingerprint density at radius 1 is 1.41 bits per heavy atom. The molecule has 94 valence electrons. The van der Waals surface area contributed by atoms with E-state index < -0.39 is 0 Å². The monoisotopic (exact) mass is 253 g/mol. The van der Waals surface area contributed by atoms with Gasteiger partial charge in [-0.05, 0) is 24.6 Å². The van der Waals surface area contributed by atoms with Crippen LogP contribution in [-0.4, -0.2) is 19.4 Å². The van der Waals surface area contributed by atoms with Crippen molar-refractivity contribution in [1.82, 2.24) is 0 Å². The Hall–Kier alpha value is -1.22. The van der Waals surface area contributed by atoms with Gasteiger partial charge < -0.3 is 10.6 Å². The molecule has 0 aliphatic rings. The average molecular weight is 254 g/mol. The van der Waals surface area contributed by atoms with Crippen LogP contribution >= 0.6 is 11.6 Å². The first kappa shape index (κ1) is 13.8. The third-order valence-corrected chi connectivity index (χ3v) is 2.99. The molecule has 0 fully saturated rings. The van der Waals surface area contributed by atoms with Crippen molar-refractivity contribution in [2.24, 2.45) is 5.73 Å². The van der Waals surface area contributed by atoms with Crippen molar-refractivity contribution < 1.29 is 0 Å². The molecular weight excluding hydrogens is 234 g/mol. The summed E-state index contributed by atoms with van der Waals surface area (Å²) in [6.07, 6.45) is 3.56. The molecular formula is C13H20ClN3. The fourth-order valence-corrected chi connectivity index (χ4v) is 1.95. The fourth-order valence-electron chi connectivity index (χ4n) is 1.78. The van der Waals surface area contributed by atoms with Gasteiger partial charge in [-0.3, -0.25) is 5.41 Å².